The second kappa shape index (κ2) is 12.6. The predicted octanol–water partition coefficient (Wildman–Crippen LogP) is 4.78. The number of unbranched alkanes of at least 4 members (excludes halogenated alkanes) is 2. The molecule has 0 aliphatic rings. The second-order valence-corrected chi connectivity index (χ2v) is 9.15. The molecule has 2 aromatic rings. The molecule has 1 atom stereocenters. The molecule has 0 heterocycles. The van der Waals surface area contributed by atoms with Gasteiger partial charge >= 0.3 is 0 Å². The predicted molar refractivity (Wildman–Crippen MR) is 124 cm³/mol. The number of rotatable bonds is 12. The zero-order valence-electron chi connectivity index (χ0n) is 15.8. The minimum atomic E-state index is 0.733. The van der Waals surface area contributed by atoms with E-state index in [0.717, 1.165) is 27.7 Å². The molecule has 26 heavy (non-hydrogen) atoms. The molecule has 0 saturated carbocycles. The van der Waals surface area contributed by atoms with Crippen LogP contribution < -0.4 is 10.9 Å². The molecule has 0 aliphatic carbocycles. The third-order valence-corrected chi connectivity index (χ3v) is 6.87. The van der Waals surface area contributed by atoms with Crippen LogP contribution in [-0.4, -0.2) is 26.7 Å². The highest BCUT2D eigenvalue weighted by molar-refractivity contribution is 7.99. The molecule has 0 aromatic heterocycles. The lowest BCUT2D eigenvalue weighted by Gasteiger charge is -2.17. The van der Waals surface area contributed by atoms with Crippen molar-refractivity contribution >= 4 is 50.1 Å². The quantitative estimate of drug-likeness (QED) is 0.385. The number of thioether (sulfide) groups is 2. The van der Waals surface area contributed by atoms with Gasteiger partial charge in [0, 0.05) is 16.8 Å². The van der Waals surface area contributed by atoms with Crippen molar-refractivity contribution in [1.29, 1.82) is 0 Å². The molecule has 134 valence electrons. The van der Waals surface area contributed by atoms with E-state index in [4.69, 9.17) is 15.7 Å². The Hall–Kier alpha value is -0.730. The van der Waals surface area contributed by atoms with Crippen molar-refractivity contribution in [1.82, 2.24) is 0 Å². The lowest BCUT2D eigenvalue weighted by molar-refractivity contribution is 0.637. The van der Waals surface area contributed by atoms with E-state index in [9.17, 15) is 0 Å². The Bertz CT molecular complexity index is 646. The van der Waals surface area contributed by atoms with Crippen LogP contribution in [0, 0.1) is 0 Å². The summed E-state index contributed by atoms with van der Waals surface area (Å²) >= 11 is 4.11. The zero-order valence-corrected chi connectivity index (χ0v) is 17.5. The Morgan fingerprint density at radius 3 is 2.12 bits per heavy atom. The first-order valence-corrected chi connectivity index (χ1v) is 11.8. The molecule has 0 aliphatic heterocycles. The van der Waals surface area contributed by atoms with Crippen molar-refractivity contribution in [3.63, 3.8) is 0 Å². The summed E-state index contributed by atoms with van der Waals surface area (Å²) in [6.45, 7) is 2.27. The van der Waals surface area contributed by atoms with Crippen molar-refractivity contribution in [2.75, 3.05) is 5.75 Å². The molecule has 0 amide bonds. The van der Waals surface area contributed by atoms with Gasteiger partial charge in [-0.05, 0) is 29.7 Å². The molecule has 4 heteroatoms. The Balaban J connectivity index is 1.76. The minimum absolute atomic E-state index is 0.733. The fraction of sp³-hybridized carbons (Fsp3) is 0.455. The van der Waals surface area contributed by atoms with Gasteiger partial charge < -0.3 is 0 Å². The molecule has 1 unspecified atom stereocenters. The van der Waals surface area contributed by atoms with Gasteiger partial charge in [0.15, 0.2) is 0 Å². The van der Waals surface area contributed by atoms with E-state index < -0.39 is 0 Å². The first-order chi connectivity index (χ1) is 12.7. The molecule has 0 saturated heterocycles. The van der Waals surface area contributed by atoms with E-state index in [1.165, 1.54) is 49.0 Å². The van der Waals surface area contributed by atoms with Gasteiger partial charge in [0.05, 0.1) is 0 Å². The summed E-state index contributed by atoms with van der Waals surface area (Å²) in [6.07, 6.45) is 6.55. The molecule has 0 bridgehead atoms. The summed E-state index contributed by atoms with van der Waals surface area (Å²) in [6, 6.07) is 16.5. The van der Waals surface area contributed by atoms with Crippen LogP contribution in [0.2, 0.25) is 0 Å². The fourth-order valence-corrected chi connectivity index (χ4v) is 5.30. The maximum Gasteiger partial charge on any atom is 0.113 e. The molecule has 0 fully saturated rings. The van der Waals surface area contributed by atoms with Crippen molar-refractivity contribution in [3.05, 3.63) is 59.7 Å². The SMILES string of the molecule is [B]c1cccc(CSCCC(CCCCC)SCc2cccc([B])c2)c1. The summed E-state index contributed by atoms with van der Waals surface area (Å²) in [4.78, 5) is 0. The van der Waals surface area contributed by atoms with E-state index in [1.54, 1.807) is 0 Å². The van der Waals surface area contributed by atoms with E-state index >= 15 is 0 Å². The third-order valence-electron chi connectivity index (χ3n) is 4.37. The summed E-state index contributed by atoms with van der Waals surface area (Å²) in [5, 5.41) is 0.733. The number of hydrogen-bond donors (Lipinski definition) is 0. The van der Waals surface area contributed by atoms with Gasteiger partial charge in [0.1, 0.15) is 15.7 Å². The van der Waals surface area contributed by atoms with Crippen LogP contribution in [0.15, 0.2) is 48.5 Å². The largest absolute Gasteiger partial charge is 0.157 e. The standard InChI is InChI=1S/C22H28B2S2/c1-2-3-4-11-22(26-17-19-8-6-10-21(24)15-19)12-13-25-16-18-7-5-9-20(23)14-18/h5-10,14-15,22H,2-4,11-13,16-17H2,1H3. The van der Waals surface area contributed by atoms with Gasteiger partial charge in [-0.25, -0.2) is 0 Å². The molecular formula is C22H28B2S2. The van der Waals surface area contributed by atoms with Crippen LogP contribution in [0.25, 0.3) is 0 Å². The van der Waals surface area contributed by atoms with Crippen LogP contribution in [0.1, 0.15) is 50.2 Å². The van der Waals surface area contributed by atoms with E-state index in [2.05, 4.69) is 49.0 Å². The van der Waals surface area contributed by atoms with E-state index in [0.29, 0.717) is 0 Å². The number of hydrogen-bond acceptors (Lipinski definition) is 2. The molecule has 2 rings (SSSR count). The van der Waals surface area contributed by atoms with Crippen LogP contribution >= 0.6 is 23.5 Å². The average Bonchev–Trinajstić information content (AvgIpc) is 2.63. The van der Waals surface area contributed by atoms with Crippen molar-refractivity contribution in [2.45, 2.75) is 55.8 Å². The van der Waals surface area contributed by atoms with Crippen LogP contribution in [0.3, 0.4) is 0 Å². The molecule has 4 radical (unpaired) electrons. The van der Waals surface area contributed by atoms with Crippen LogP contribution in [0.5, 0.6) is 0 Å². The first kappa shape index (κ1) is 21.6. The summed E-state index contributed by atoms with van der Waals surface area (Å²) < 4.78 is 0. The van der Waals surface area contributed by atoms with Gasteiger partial charge in [-0.1, -0.05) is 85.6 Å². The highest BCUT2D eigenvalue weighted by Crippen LogP contribution is 2.27. The van der Waals surface area contributed by atoms with E-state index in [-0.39, 0.29) is 0 Å². The van der Waals surface area contributed by atoms with Crippen molar-refractivity contribution in [2.24, 2.45) is 0 Å². The molecule has 0 N–H and O–H groups in total. The Morgan fingerprint density at radius 1 is 0.846 bits per heavy atom. The van der Waals surface area contributed by atoms with E-state index in [1.807, 2.05) is 30.0 Å². The van der Waals surface area contributed by atoms with Gasteiger partial charge in [0.25, 0.3) is 0 Å². The topological polar surface area (TPSA) is 0 Å². The fourth-order valence-electron chi connectivity index (χ4n) is 2.92. The molecule has 2 aromatic carbocycles. The summed E-state index contributed by atoms with van der Waals surface area (Å²) in [7, 11) is 11.8. The lowest BCUT2D eigenvalue weighted by Crippen LogP contribution is -2.07. The molecule has 0 nitrogen and oxygen atoms in total. The zero-order chi connectivity index (χ0) is 18.6. The van der Waals surface area contributed by atoms with Crippen molar-refractivity contribution < 1.29 is 0 Å². The molecular weight excluding hydrogens is 350 g/mol. The number of benzene rings is 2. The maximum atomic E-state index is 5.91. The Morgan fingerprint density at radius 2 is 1.50 bits per heavy atom. The monoisotopic (exact) mass is 378 g/mol. The lowest BCUT2D eigenvalue weighted by atomic mass is 9.95. The second-order valence-electron chi connectivity index (χ2n) is 6.76. The maximum absolute atomic E-state index is 5.91. The average molecular weight is 378 g/mol. The van der Waals surface area contributed by atoms with Gasteiger partial charge in [0.2, 0.25) is 0 Å². The Kier molecular flexibility index (Phi) is 10.5. The van der Waals surface area contributed by atoms with Gasteiger partial charge in [-0.3, -0.25) is 0 Å². The van der Waals surface area contributed by atoms with Crippen molar-refractivity contribution in [3.8, 4) is 0 Å². The molecule has 0 spiro atoms. The smallest absolute Gasteiger partial charge is 0.113 e. The minimum Gasteiger partial charge on any atom is -0.157 e. The summed E-state index contributed by atoms with van der Waals surface area (Å²) in [5.41, 5.74) is 4.38. The Labute approximate surface area is 171 Å². The highest BCUT2D eigenvalue weighted by Gasteiger charge is 2.10. The van der Waals surface area contributed by atoms with Crippen LogP contribution in [-0.2, 0) is 11.5 Å². The van der Waals surface area contributed by atoms with Crippen LogP contribution in [0.4, 0.5) is 0 Å². The van der Waals surface area contributed by atoms with Gasteiger partial charge in [-0.2, -0.15) is 23.5 Å². The van der Waals surface area contributed by atoms with Gasteiger partial charge in [-0.15, -0.1) is 0 Å². The normalized spacial score (nSPS) is 12.2. The first-order valence-electron chi connectivity index (χ1n) is 9.55. The highest BCUT2D eigenvalue weighted by atomic mass is 32.2. The summed E-state index contributed by atoms with van der Waals surface area (Å²) in [5.74, 6) is 3.31. The third kappa shape index (κ3) is 8.77.